The maximum Gasteiger partial charge on any atom is 0.0457 e. The second-order valence-corrected chi connectivity index (χ2v) is 6.92. The lowest BCUT2D eigenvalue weighted by Crippen LogP contribution is -2.47. The van der Waals surface area contributed by atoms with E-state index in [2.05, 4.69) is 45.7 Å². The van der Waals surface area contributed by atoms with Crippen molar-refractivity contribution in [3.05, 3.63) is 36.0 Å². The SMILES string of the molecule is Cl.Cl.c1cc([C@H](C2CCCCC2)N2CCNCC2)c2cc[nH]c2c1. The molecule has 5 heteroatoms. The van der Waals surface area contributed by atoms with Crippen LogP contribution in [0.1, 0.15) is 43.7 Å². The van der Waals surface area contributed by atoms with Crippen LogP contribution >= 0.6 is 24.8 Å². The van der Waals surface area contributed by atoms with Gasteiger partial charge in [-0.1, -0.05) is 31.4 Å². The molecule has 2 aliphatic rings. The van der Waals surface area contributed by atoms with Crippen LogP contribution in [0.4, 0.5) is 0 Å². The van der Waals surface area contributed by atoms with Gasteiger partial charge in [-0.3, -0.25) is 4.90 Å². The van der Waals surface area contributed by atoms with Gasteiger partial charge < -0.3 is 10.3 Å². The van der Waals surface area contributed by atoms with Crippen LogP contribution in [0.3, 0.4) is 0 Å². The van der Waals surface area contributed by atoms with Crippen molar-refractivity contribution in [3.8, 4) is 0 Å². The van der Waals surface area contributed by atoms with Gasteiger partial charge in [-0.25, -0.2) is 0 Å². The van der Waals surface area contributed by atoms with Gasteiger partial charge in [0, 0.05) is 49.3 Å². The summed E-state index contributed by atoms with van der Waals surface area (Å²) < 4.78 is 0. The summed E-state index contributed by atoms with van der Waals surface area (Å²) in [4.78, 5) is 6.13. The van der Waals surface area contributed by atoms with Gasteiger partial charge in [0.1, 0.15) is 0 Å². The molecule has 0 radical (unpaired) electrons. The van der Waals surface area contributed by atoms with E-state index < -0.39 is 0 Å². The van der Waals surface area contributed by atoms with E-state index in [-0.39, 0.29) is 24.8 Å². The fourth-order valence-corrected chi connectivity index (χ4v) is 4.53. The standard InChI is InChI=1S/C19H27N3.2ClH/c1-2-5-15(6-3-1)19(22-13-11-20-12-14-22)17-7-4-8-18-16(17)9-10-21-18;;/h4,7-10,15,19-21H,1-3,5-6,11-14H2;2*1H/t19-;;/m0../s1. The Bertz CT molecular complexity index is 598. The molecule has 2 heterocycles. The number of aromatic nitrogens is 1. The van der Waals surface area contributed by atoms with Gasteiger partial charge in [-0.15, -0.1) is 24.8 Å². The van der Waals surface area contributed by atoms with Crippen molar-refractivity contribution in [1.82, 2.24) is 15.2 Å². The summed E-state index contributed by atoms with van der Waals surface area (Å²) >= 11 is 0. The maximum atomic E-state index is 3.51. The molecule has 0 bridgehead atoms. The normalized spacial score (nSPS) is 21.0. The van der Waals surface area contributed by atoms with Gasteiger partial charge in [-0.05, 0) is 36.5 Å². The molecule has 1 aromatic heterocycles. The molecule has 1 aliphatic carbocycles. The largest absolute Gasteiger partial charge is 0.361 e. The highest BCUT2D eigenvalue weighted by molar-refractivity contribution is 5.85. The molecule has 2 aromatic rings. The molecule has 1 aromatic carbocycles. The second-order valence-electron chi connectivity index (χ2n) is 6.92. The fourth-order valence-electron chi connectivity index (χ4n) is 4.53. The van der Waals surface area contributed by atoms with Gasteiger partial charge >= 0.3 is 0 Å². The van der Waals surface area contributed by atoms with E-state index in [1.165, 1.54) is 56.1 Å². The first-order chi connectivity index (χ1) is 10.9. The van der Waals surface area contributed by atoms with Crippen LogP contribution in [-0.4, -0.2) is 36.1 Å². The van der Waals surface area contributed by atoms with Crippen molar-refractivity contribution in [1.29, 1.82) is 0 Å². The topological polar surface area (TPSA) is 31.1 Å². The van der Waals surface area contributed by atoms with Crippen LogP contribution in [0.5, 0.6) is 0 Å². The Balaban J connectivity index is 0.00000104. The number of hydrogen-bond donors (Lipinski definition) is 2. The van der Waals surface area contributed by atoms with E-state index in [0.29, 0.717) is 6.04 Å². The summed E-state index contributed by atoms with van der Waals surface area (Å²) in [7, 11) is 0. The number of halogens is 2. The van der Waals surface area contributed by atoms with Crippen LogP contribution in [0.2, 0.25) is 0 Å². The molecule has 3 nitrogen and oxygen atoms in total. The molecule has 0 spiro atoms. The summed E-state index contributed by atoms with van der Waals surface area (Å²) in [6.45, 7) is 4.63. The number of piperazine rings is 1. The first-order valence-electron chi connectivity index (χ1n) is 8.94. The molecule has 1 aliphatic heterocycles. The fraction of sp³-hybridized carbons (Fsp3) is 0.579. The van der Waals surface area contributed by atoms with Crippen molar-refractivity contribution in [2.45, 2.75) is 38.1 Å². The zero-order valence-corrected chi connectivity index (χ0v) is 15.8. The van der Waals surface area contributed by atoms with E-state index >= 15 is 0 Å². The summed E-state index contributed by atoms with van der Waals surface area (Å²) in [6, 6.07) is 9.67. The molecule has 134 valence electrons. The lowest BCUT2D eigenvalue weighted by Gasteiger charge is -2.41. The minimum absolute atomic E-state index is 0. The van der Waals surface area contributed by atoms with E-state index in [1.807, 2.05) is 0 Å². The Hall–Kier alpha value is -0.740. The zero-order valence-electron chi connectivity index (χ0n) is 14.2. The molecule has 1 saturated carbocycles. The van der Waals surface area contributed by atoms with Crippen LogP contribution in [0, 0.1) is 5.92 Å². The molecule has 4 rings (SSSR count). The number of H-pyrrole nitrogens is 1. The number of aromatic amines is 1. The lowest BCUT2D eigenvalue weighted by atomic mass is 9.79. The van der Waals surface area contributed by atoms with Gasteiger partial charge in [0.05, 0.1) is 0 Å². The Kier molecular flexibility index (Phi) is 7.42. The molecule has 0 unspecified atom stereocenters. The van der Waals surface area contributed by atoms with Crippen LogP contribution in [-0.2, 0) is 0 Å². The van der Waals surface area contributed by atoms with Crippen LogP contribution in [0.25, 0.3) is 10.9 Å². The monoisotopic (exact) mass is 369 g/mol. The van der Waals surface area contributed by atoms with Gasteiger partial charge in [0.25, 0.3) is 0 Å². The molecule has 1 atom stereocenters. The third-order valence-electron chi connectivity index (χ3n) is 5.59. The van der Waals surface area contributed by atoms with E-state index in [9.17, 15) is 0 Å². The highest BCUT2D eigenvalue weighted by atomic mass is 35.5. The Labute approximate surface area is 157 Å². The van der Waals surface area contributed by atoms with Crippen LogP contribution in [0.15, 0.2) is 30.5 Å². The number of rotatable bonds is 3. The van der Waals surface area contributed by atoms with Gasteiger partial charge in [0.2, 0.25) is 0 Å². The number of benzene rings is 1. The predicted octanol–water partition coefficient (Wildman–Crippen LogP) is 4.54. The third-order valence-corrected chi connectivity index (χ3v) is 5.59. The average Bonchev–Trinajstić information content (AvgIpc) is 3.07. The summed E-state index contributed by atoms with van der Waals surface area (Å²) in [5, 5.41) is 4.94. The maximum absolute atomic E-state index is 3.51. The minimum Gasteiger partial charge on any atom is -0.361 e. The number of nitrogens with one attached hydrogen (secondary N) is 2. The smallest absolute Gasteiger partial charge is 0.0457 e. The van der Waals surface area contributed by atoms with Crippen molar-refractivity contribution < 1.29 is 0 Å². The van der Waals surface area contributed by atoms with E-state index in [4.69, 9.17) is 0 Å². The highest BCUT2D eigenvalue weighted by Crippen LogP contribution is 2.40. The van der Waals surface area contributed by atoms with Crippen molar-refractivity contribution in [2.75, 3.05) is 26.2 Å². The van der Waals surface area contributed by atoms with E-state index in [0.717, 1.165) is 19.0 Å². The minimum atomic E-state index is 0. The van der Waals surface area contributed by atoms with E-state index in [1.54, 1.807) is 5.56 Å². The van der Waals surface area contributed by atoms with Crippen molar-refractivity contribution in [3.63, 3.8) is 0 Å². The molecule has 1 saturated heterocycles. The van der Waals surface area contributed by atoms with Gasteiger partial charge in [0.15, 0.2) is 0 Å². The molecule has 0 amide bonds. The van der Waals surface area contributed by atoms with Gasteiger partial charge in [-0.2, -0.15) is 0 Å². The second kappa shape index (κ2) is 9.10. The first-order valence-corrected chi connectivity index (χ1v) is 8.94. The van der Waals surface area contributed by atoms with Crippen LogP contribution < -0.4 is 5.32 Å². The Morgan fingerprint density at radius 1 is 0.958 bits per heavy atom. The predicted molar refractivity (Wildman–Crippen MR) is 107 cm³/mol. The Morgan fingerprint density at radius 2 is 1.71 bits per heavy atom. The molecule has 2 N–H and O–H groups in total. The summed E-state index contributed by atoms with van der Waals surface area (Å²) in [6.07, 6.45) is 9.14. The summed E-state index contributed by atoms with van der Waals surface area (Å²) in [5.74, 6) is 0.826. The molecule has 24 heavy (non-hydrogen) atoms. The molecular weight excluding hydrogens is 341 g/mol. The quantitative estimate of drug-likeness (QED) is 0.831. The highest BCUT2D eigenvalue weighted by Gasteiger charge is 2.31. The zero-order chi connectivity index (χ0) is 14.8. The first kappa shape index (κ1) is 19.6. The number of hydrogen-bond acceptors (Lipinski definition) is 2. The van der Waals surface area contributed by atoms with Crippen molar-refractivity contribution in [2.24, 2.45) is 5.92 Å². The molecular formula is C19H29Cl2N3. The molecule has 2 fully saturated rings. The lowest BCUT2D eigenvalue weighted by molar-refractivity contribution is 0.104. The third kappa shape index (κ3) is 3.91. The summed E-state index contributed by atoms with van der Waals surface area (Å²) in [5.41, 5.74) is 2.83. The van der Waals surface area contributed by atoms with Crippen molar-refractivity contribution >= 4 is 35.7 Å². The average molecular weight is 370 g/mol. The number of fused-ring (bicyclic) bond motifs is 1. The Morgan fingerprint density at radius 3 is 2.46 bits per heavy atom. The number of nitrogens with zero attached hydrogens (tertiary/aromatic N) is 1.